The van der Waals surface area contributed by atoms with Gasteiger partial charge in [0.05, 0.1) is 21.0 Å². The van der Waals surface area contributed by atoms with Crippen molar-refractivity contribution in [3.05, 3.63) is 28.2 Å². The van der Waals surface area contributed by atoms with E-state index in [-0.39, 0.29) is 21.9 Å². The smallest absolute Gasteiger partial charge is 0.242 e. The van der Waals surface area contributed by atoms with E-state index in [9.17, 15) is 13.5 Å². The van der Waals surface area contributed by atoms with Crippen molar-refractivity contribution in [1.29, 1.82) is 0 Å². The molecule has 0 bridgehead atoms. The Balaban J connectivity index is 2.14. The van der Waals surface area contributed by atoms with Gasteiger partial charge < -0.3 is 5.11 Å². The van der Waals surface area contributed by atoms with Gasteiger partial charge >= 0.3 is 0 Å². The summed E-state index contributed by atoms with van der Waals surface area (Å²) in [6.45, 7) is 0.402. The molecule has 7 heteroatoms. The lowest BCUT2D eigenvalue weighted by atomic mass is 9.82. The number of halogens is 2. The Labute approximate surface area is 123 Å². The second kappa shape index (κ2) is 5.58. The second-order valence-electron chi connectivity index (χ2n) is 4.85. The van der Waals surface area contributed by atoms with Gasteiger partial charge in [-0.1, -0.05) is 23.2 Å². The van der Waals surface area contributed by atoms with Crippen molar-refractivity contribution in [2.45, 2.75) is 23.8 Å². The maximum atomic E-state index is 12.3. The Morgan fingerprint density at radius 1 is 1.32 bits per heavy atom. The van der Waals surface area contributed by atoms with E-state index in [0.29, 0.717) is 24.4 Å². The van der Waals surface area contributed by atoms with Gasteiger partial charge in [0, 0.05) is 13.6 Å². The van der Waals surface area contributed by atoms with E-state index < -0.39 is 10.0 Å². The van der Waals surface area contributed by atoms with Gasteiger partial charge in [-0.15, -0.1) is 0 Å². The molecule has 2 rings (SSSR count). The van der Waals surface area contributed by atoms with Crippen molar-refractivity contribution in [2.75, 3.05) is 13.6 Å². The first-order chi connectivity index (χ1) is 8.80. The van der Waals surface area contributed by atoms with Crippen LogP contribution in [0.5, 0.6) is 0 Å². The van der Waals surface area contributed by atoms with Crippen LogP contribution in [0.2, 0.25) is 10.0 Å². The van der Waals surface area contributed by atoms with Crippen molar-refractivity contribution in [3.8, 4) is 0 Å². The predicted molar refractivity (Wildman–Crippen MR) is 75.0 cm³/mol. The van der Waals surface area contributed by atoms with Crippen molar-refractivity contribution in [1.82, 2.24) is 4.31 Å². The van der Waals surface area contributed by atoms with Crippen LogP contribution in [0.1, 0.15) is 12.8 Å². The molecule has 0 aliphatic heterocycles. The highest BCUT2D eigenvalue weighted by Gasteiger charge is 2.31. The molecule has 0 radical (unpaired) electrons. The van der Waals surface area contributed by atoms with Gasteiger partial charge in [0.15, 0.2) is 0 Å². The third-order valence-electron chi connectivity index (χ3n) is 3.33. The highest BCUT2D eigenvalue weighted by molar-refractivity contribution is 7.89. The third-order valence-corrected chi connectivity index (χ3v) is 5.88. The van der Waals surface area contributed by atoms with E-state index in [0.717, 1.165) is 0 Å². The highest BCUT2D eigenvalue weighted by atomic mass is 35.5. The van der Waals surface area contributed by atoms with Crippen molar-refractivity contribution in [3.63, 3.8) is 0 Å². The fourth-order valence-corrected chi connectivity index (χ4v) is 3.77. The molecule has 0 amide bonds. The third kappa shape index (κ3) is 3.23. The van der Waals surface area contributed by atoms with E-state index >= 15 is 0 Å². The monoisotopic (exact) mass is 323 g/mol. The number of hydrogen-bond donors (Lipinski definition) is 1. The van der Waals surface area contributed by atoms with Crippen LogP contribution in [0, 0.1) is 5.92 Å². The van der Waals surface area contributed by atoms with Gasteiger partial charge in [0.2, 0.25) is 10.0 Å². The van der Waals surface area contributed by atoms with Gasteiger partial charge in [-0.2, -0.15) is 0 Å². The molecule has 19 heavy (non-hydrogen) atoms. The predicted octanol–water partition coefficient (Wildman–Crippen LogP) is 2.38. The van der Waals surface area contributed by atoms with Gasteiger partial charge in [-0.3, -0.25) is 0 Å². The summed E-state index contributed by atoms with van der Waals surface area (Å²) in [5.41, 5.74) is 0. The molecule has 1 saturated carbocycles. The summed E-state index contributed by atoms with van der Waals surface area (Å²) < 4.78 is 25.9. The lowest BCUT2D eigenvalue weighted by molar-refractivity contribution is 0.0367. The fraction of sp³-hybridized carbons (Fsp3) is 0.500. The van der Waals surface area contributed by atoms with Crippen LogP contribution in [-0.4, -0.2) is 37.5 Å². The maximum Gasteiger partial charge on any atom is 0.242 e. The molecule has 1 N–H and O–H groups in total. The zero-order valence-corrected chi connectivity index (χ0v) is 12.7. The molecule has 0 saturated heterocycles. The number of hydrogen-bond acceptors (Lipinski definition) is 3. The zero-order valence-electron chi connectivity index (χ0n) is 10.4. The minimum absolute atomic E-state index is 0.129. The molecule has 1 fully saturated rings. The first kappa shape index (κ1) is 15.1. The Hall–Kier alpha value is -0.330. The number of benzene rings is 1. The minimum atomic E-state index is -3.56. The summed E-state index contributed by atoms with van der Waals surface area (Å²) >= 11 is 11.6. The molecule has 0 aromatic heterocycles. The molecule has 0 heterocycles. The molecule has 0 spiro atoms. The molecular formula is C12H15Cl2NO3S. The lowest BCUT2D eigenvalue weighted by Crippen LogP contribution is -2.39. The molecule has 4 nitrogen and oxygen atoms in total. The van der Waals surface area contributed by atoms with Gasteiger partial charge in [0.25, 0.3) is 0 Å². The molecule has 1 aromatic carbocycles. The summed E-state index contributed by atoms with van der Waals surface area (Å²) in [7, 11) is -2.03. The minimum Gasteiger partial charge on any atom is -0.393 e. The average Bonchev–Trinajstić information content (AvgIpc) is 2.30. The SMILES string of the molecule is CN(CC1CC(O)C1)S(=O)(=O)c1ccc(Cl)c(Cl)c1. The summed E-state index contributed by atoms with van der Waals surface area (Å²) in [6.07, 6.45) is 1.02. The van der Waals surface area contributed by atoms with Crippen molar-refractivity contribution in [2.24, 2.45) is 5.92 Å². The standard InChI is InChI=1S/C12H15Cl2NO3S/c1-15(7-8-4-9(16)5-8)19(17,18)10-2-3-11(13)12(14)6-10/h2-3,6,8-9,16H,4-5,7H2,1H3. The second-order valence-corrected chi connectivity index (χ2v) is 7.71. The summed E-state index contributed by atoms with van der Waals surface area (Å²) in [5.74, 6) is 0.220. The molecule has 1 aliphatic rings. The molecule has 0 atom stereocenters. The normalized spacial score (nSPS) is 23.4. The topological polar surface area (TPSA) is 57.6 Å². The fourth-order valence-electron chi connectivity index (χ4n) is 2.13. The van der Waals surface area contributed by atoms with Crippen molar-refractivity contribution >= 4 is 33.2 Å². The van der Waals surface area contributed by atoms with Gasteiger partial charge in [0.1, 0.15) is 0 Å². The van der Waals surface area contributed by atoms with Crippen LogP contribution in [0.15, 0.2) is 23.1 Å². The molecule has 1 aromatic rings. The summed E-state index contributed by atoms with van der Waals surface area (Å²) in [6, 6.07) is 4.26. The molecule has 106 valence electrons. The van der Waals surface area contributed by atoms with E-state index in [4.69, 9.17) is 23.2 Å². The molecule has 1 aliphatic carbocycles. The largest absolute Gasteiger partial charge is 0.393 e. The van der Waals surface area contributed by atoms with Crippen LogP contribution in [0.25, 0.3) is 0 Å². The van der Waals surface area contributed by atoms with E-state index in [1.165, 1.54) is 29.6 Å². The Morgan fingerprint density at radius 2 is 1.95 bits per heavy atom. The number of rotatable bonds is 4. The van der Waals surface area contributed by atoms with Crippen LogP contribution in [0.3, 0.4) is 0 Å². The van der Waals surface area contributed by atoms with Gasteiger partial charge in [-0.25, -0.2) is 12.7 Å². The number of nitrogens with zero attached hydrogens (tertiary/aromatic N) is 1. The van der Waals surface area contributed by atoms with E-state index in [2.05, 4.69) is 0 Å². The van der Waals surface area contributed by atoms with Crippen LogP contribution in [-0.2, 0) is 10.0 Å². The van der Waals surface area contributed by atoms with Crippen molar-refractivity contribution < 1.29 is 13.5 Å². The highest BCUT2D eigenvalue weighted by Crippen LogP contribution is 2.30. The number of sulfonamides is 1. The first-order valence-electron chi connectivity index (χ1n) is 5.90. The first-order valence-corrected chi connectivity index (χ1v) is 8.09. The Kier molecular flexibility index (Phi) is 4.42. The summed E-state index contributed by atoms with van der Waals surface area (Å²) in [5, 5.41) is 9.76. The van der Waals surface area contributed by atoms with Crippen LogP contribution < -0.4 is 0 Å². The number of aliphatic hydroxyl groups is 1. The Morgan fingerprint density at radius 3 is 2.47 bits per heavy atom. The zero-order chi connectivity index (χ0) is 14.2. The maximum absolute atomic E-state index is 12.3. The van der Waals surface area contributed by atoms with E-state index in [1.54, 1.807) is 0 Å². The Bertz CT molecular complexity index is 570. The average molecular weight is 324 g/mol. The summed E-state index contributed by atoms with van der Waals surface area (Å²) in [4.78, 5) is 0.129. The van der Waals surface area contributed by atoms with Gasteiger partial charge in [-0.05, 0) is 37.0 Å². The molecular weight excluding hydrogens is 309 g/mol. The van der Waals surface area contributed by atoms with E-state index in [1.807, 2.05) is 0 Å². The molecule has 0 unspecified atom stereocenters. The quantitative estimate of drug-likeness (QED) is 0.925. The van der Waals surface area contributed by atoms with Crippen LogP contribution in [0.4, 0.5) is 0 Å². The number of aliphatic hydroxyl groups excluding tert-OH is 1. The van der Waals surface area contributed by atoms with Crippen LogP contribution >= 0.6 is 23.2 Å². The lowest BCUT2D eigenvalue weighted by Gasteiger charge is -2.34.